The highest BCUT2D eigenvalue weighted by molar-refractivity contribution is 5.89. The summed E-state index contributed by atoms with van der Waals surface area (Å²) in [7, 11) is 0. The number of likely N-dealkylation sites (tertiary alicyclic amines) is 2. The molecule has 118 heavy (non-hydrogen) atoms. The van der Waals surface area contributed by atoms with Crippen LogP contribution in [0.25, 0.3) is 0 Å². The van der Waals surface area contributed by atoms with Gasteiger partial charge in [-0.25, -0.2) is 24.0 Å². The maximum absolute atomic E-state index is 13.4. The van der Waals surface area contributed by atoms with E-state index < -0.39 is 39.4 Å². The summed E-state index contributed by atoms with van der Waals surface area (Å²) < 4.78 is 39.9. The van der Waals surface area contributed by atoms with Crippen LogP contribution in [0.5, 0.6) is 0 Å². The molecule has 5 amide bonds. The van der Waals surface area contributed by atoms with E-state index in [1.807, 2.05) is 149 Å². The van der Waals surface area contributed by atoms with Gasteiger partial charge in [0, 0.05) is 98.9 Å². The first-order chi connectivity index (χ1) is 55.6. The summed E-state index contributed by atoms with van der Waals surface area (Å²) >= 11 is 0. The van der Waals surface area contributed by atoms with Crippen molar-refractivity contribution in [2.24, 2.45) is 57.7 Å². The van der Waals surface area contributed by atoms with Crippen molar-refractivity contribution in [3.8, 4) is 0 Å². The van der Waals surface area contributed by atoms with Crippen molar-refractivity contribution in [1.29, 1.82) is 0 Å². The number of aliphatic carboxylic acids is 1. The SMILES string of the molecule is CC(C)(C)OC(=O)N(CC1(C(N)=NO)CC1)[C@@H]1C[C@H]1c1ccccc1.CC(C)(C)OC(=O)N(CC1(c2noc(C3C[C@H]4CNC[C@H]4C3)n2)CC1)[C@@H]1C[C@H]1c1ccccc1.CC(C)(C)OC(=O)N1C[C@H]2CC(C(=O)O)C[C@H]2C1.CC(C)(C)OC(=O)N1C[C@H]2CC(c3nc(C4(CN(C(=O)OC(C)(C)C)[C@@H]5C[C@H]5c5ccccc5)CC4)no3)C[C@H]2C1. The molecule has 27 heteroatoms. The fourth-order valence-corrected chi connectivity index (χ4v) is 19.2. The first kappa shape index (κ1) is 85.4. The summed E-state index contributed by atoms with van der Waals surface area (Å²) in [5.41, 5.74) is 6.13. The molecule has 3 unspecified atom stereocenters. The van der Waals surface area contributed by atoms with E-state index in [0.717, 1.165) is 133 Å². The smallest absolute Gasteiger partial charge is 0.410 e. The topological polar surface area (TPSA) is 333 Å². The maximum atomic E-state index is 13.4. The second-order valence-corrected chi connectivity index (χ2v) is 41.4. The monoisotopic (exact) mass is 1630 g/mol. The van der Waals surface area contributed by atoms with Crippen molar-refractivity contribution in [3.63, 3.8) is 0 Å². The van der Waals surface area contributed by atoms with E-state index in [9.17, 15) is 28.8 Å². The van der Waals surface area contributed by atoms with E-state index in [-0.39, 0.29) is 77.1 Å². The average molecular weight is 1630 g/mol. The summed E-state index contributed by atoms with van der Waals surface area (Å²) in [6.45, 7) is 34.9. The van der Waals surface area contributed by atoms with Gasteiger partial charge >= 0.3 is 36.4 Å². The summed E-state index contributed by atoms with van der Waals surface area (Å²) in [4.78, 5) is 94.0. The lowest BCUT2D eigenvalue weighted by molar-refractivity contribution is -0.141. The van der Waals surface area contributed by atoms with Crippen molar-refractivity contribution in [2.45, 2.75) is 287 Å². The average Bonchev–Trinajstić information content (AvgIpc) is 1.58. The third kappa shape index (κ3) is 20.9. The Labute approximate surface area is 695 Å². The highest BCUT2D eigenvalue weighted by Gasteiger charge is 2.59. The van der Waals surface area contributed by atoms with Crippen LogP contribution in [-0.4, -0.2) is 202 Å². The van der Waals surface area contributed by atoms with Crippen LogP contribution in [0.4, 0.5) is 24.0 Å². The van der Waals surface area contributed by atoms with Crippen molar-refractivity contribution >= 4 is 42.3 Å². The number of carbonyl (C=O) groups is 6. The van der Waals surface area contributed by atoms with E-state index in [1.165, 1.54) is 16.7 Å². The number of hydrogen-bond donors (Lipinski definition) is 4. The fourth-order valence-electron chi connectivity index (χ4n) is 19.2. The molecule has 27 nitrogen and oxygen atoms in total. The number of nitrogens with one attached hydrogen (secondary N) is 1. The maximum Gasteiger partial charge on any atom is 0.410 e. The molecular formula is C91H128N12O15. The summed E-state index contributed by atoms with van der Waals surface area (Å²) in [6, 6.07) is 31.5. The van der Waals surface area contributed by atoms with Gasteiger partial charge in [-0.3, -0.25) is 4.79 Å². The molecule has 9 saturated carbocycles. The Morgan fingerprint density at radius 1 is 0.458 bits per heavy atom. The quantitative estimate of drug-likeness (QED) is 0.0208. The molecule has 642 valence electrons. The van der Waals surface area contributed by atoms with Gasteiger partial charge in [0.05, 0.1) is 16.7 Å². The van der Waals surface area contributed by atoms with Gasteiger partial charge in [0.2, 0.25) is 11.8 Å². The van der Waals surface area contributed by atoms with Gasteiger partial charge in [0.25, 0.3) is 0 Å². The number of ether oxygens (including phenoxy) is 5. The summed E-state index contributed by atoms with van der Waals surface area (Å²) in [5.74, 6) is 6.83. The first-order valence-electron chi connectivity index (χ1n) is 43.3. The van der Waals surface area contributed by atoms with Crippen molar-refractivity contribution in [2.75, 3.05) is 58.9 Å². The highest BCUT2D eigenvalue weighted by Crippen LogP contribution is 2.57. The van der Waals surface area contributed by atoms with Gasteiger partial charge in [0.1, 0.15) is 33.8 Å². The van der Waals surface area contributed by atoms with Crippen molar-refractivity contribution in [3.05, 3.63) is 131 Å². The minimum atomic E-state index is -0.701. The number of benzene rings is 3. The zero-order valence-electron chi connectivity index (χ0n) is 72.0. The molecule has 9 aliphatic carbocycles. The Hall–Kier alpha value is -9.01. The number of carbonyl (C=O) groups excluding carboxylic acids is 5. The molecule has 3 saturated heterocycles. The Kier molecular flexibility index (Phi) is 24.0. The second-order valence-electron chi connectivity index (χ2n) is 41.4. The molecule has 15 atom stereocenters. The van der Waals surface area contributed by atoms with E-state index in [4.69, 9.17) is 58.7 Å². The van der Waals surface area contributed by atoms with Crippen LogP contribution in [0.15, 0.2) is 105 Å². The zero-order chi connectivity index (χ0) is 84.4. The minimum Gasteiger partial charge on any atom is -0.481 e. The number of amides is 5. The van der Waals surface area contributed by atoms with Gasteiger partial charge in [-0.15, -0.1) is 0 Å². The number of nitrogens with two attached hydrogens (primary N) is 1. The van der Waals surface area contributed by atoms with Crippen LogP contribution in [0.2, 0.25) is 0 Å². The van der Waals surface area contributed by atoms with E-state index in [1.54, 1.807) is 9.80 Å². The fraction of sp³-hybridized carbons (Fsp3) is 0.681. The molecule has 2 aromatic heterocycles. The molecule has 0 bridgehead atoms. The van der Waals surface area contributed by atoms with Gasteiger partial charge in [-0.1, -0.05) is 106 Å². The standard InChI is InChI=1S/C32H44N4O5.C27H36N4O3.C19H27N3O3.C13H21NO4/c1-30(2,3)39-28(37)35-17-22-14-21(15-23(22)18-35)26-33-27(34-41-26)32(12-13-32)19-36(29(38)40-31(4,5)6)25-16-24(25)20-10-8-7-9-11-20;1-26(2,3)33-25(32)31(22-13-21(22)17-7-5-4-6-8-17)16-27(9-10-27)24-29-23(34-30-24)18-11-19-14-28-15-20(19)12-18;1-18(2,3)25-17(23)22(12-19(9-10-19)16(20)21-24)15-11-14(15)13-7-5-4-6-8-13;1-13(2,3)18-12(17)14-6-9-4-8(11(15)16)5-10(9)7-14/h7-11,21-25H,12-19H2,1-6H3;4-8,18-22,28H,9-16H2,1-3H3;4-8,14-15,24H,9-12H2,1-3H3,(H2,20,21);8-10H,4-7H2,1-3H3,(H,15,16)/t21?,22-,23+,24-,25+;18?,19-,20+,21-,22+;14-,15+;8?,9-,10+/m000./s1. The lowest BCUT2D eigenvalue weighted by Crippen LogP contribution is -2.45. The number of carboxylic acids is 1. The number of carboxylic acid groups (broad SMARTS) is 1. The largest absolute Gasteiger partial charge is 0.481 e. The van der Waals surface area contributed by atoms with Gasteiger partial charge in [-0.2, -0.15) is 9.97 Å². The van der Waals surface area contributed by atoms with Crippen LogP contribution in [0.3, 0.4) is 0 Å². The molecule has 3 aliphatic heterocycles. The molecule has 5 N–H and O–H groups in total. The predicted octanol–water partition coefficient (Wildman–Crippen LogP) is 16.1. The Morgan fingerprint density at radius 3 is 1.07 bits per heavy atom. The summed E-state index contributed by atoms with van der Waals surface area (Å²) in [6.07, 6.45) is 12.5. The lowest BCUT2D eigenvalue weighted by Gasteiger charge is -2.30. The molecular weight excluding hydrogens is 1500 g/mol. The van der Waals surface area contributed by atoms with Crippen LogP contribution in [0.1, 0.15) is 270 Å². The zero-order valence-corrected chi connectivity index (χ0v) is 72.0. The molecule has 5 heterocycles. The van der Waals surface area contributed by atoms with Crippen LogP contribution < -0.4 is 11.1 Å². The minimum absolute atomic E-state index is 0.0983. The normalized spacial score (nSPS) is 28.8. The first-order valence-corrected chi connectivity index (χ1v) is 43.3. The third-order valence-electron chi connectivity index (χ3n) is 26.0. The molecule has 3 aromatic carbocycles. The molecule has 0 spiro atoms. The van der Waals surface area contributed by atoms with E-state index in [2.05, 4.69) is 81.4 Å². The number of nitrogens with zero attached hydrogens (tertiary/aromatic N) is 10. The molecule has 0 radical (unpaired) electrons. The van der Waals surface area contributed by atoms with Crippen LogP contribution in [-0.2, 0) is 39.3 Å². The van der Waals surface area contributed by atoms with Crippen molar-refractivity contribution in [1.82, 2.24) is 50.1 Å². The van der Waals surface area contributed by atoms with E-state index >= 15 is 0 Å². The second kappa shape index (κ2) is 33.2. The number of oxime groups is 1. The molecule has 17 rings (SSSR count). The van der Waals surface area contributed by atoms with Gasteiger partial charge in [0.15, 0.2) is 11.6 Å². The lowest BCUT2D eigenvalue weighted by atomic mass is 10.0. The molecule has 12 fully saturated rings. The highest BCUT2D eigenvalue weighted by atomic mass is 16.6. The number of rotatable bonds is 18. The van der Waals surface area contributed by atoms with Gasteiger partial charge in [-0.05, 0) is 265 Å². The summed E-state index contributed by atoms with van der Waals surface area (Å²) in [5, 5.41) is 33.7. The Balaban J connectivity index is 0.000000135. The number of aromatic nitrogens is 4. The Morgan fingerprint density at radius 2 is 0.771 bits per heavy atom. The van der Waals surface area contributed by atoms with Crippen LogP contribution in [0, 0.1) is 46.8 Å². The number of amidine groups is 1. The van der Waals surface area contributed by atoms with Crippen LogP contribution >= 0.6 is 0 Å². The van der Waals surface area contributed by atoms with Crippen molar-refractivity contribution < 1.29 is 71.8 Å². The number of hydrogen-bond acceptors (Lipinski definition) is 20. The molecule has 5 aromatic rings. The van der Waals surface area contributed by atoms with E-state index in [0.29, 0.717) is 105 Å². The third-order valence-corrected chi connectivity index (χ3v) is 26.0. The predicted molar refractivity (Wildman–Crippen MR) is 441 cm³/mol. The Bertz CT molecular complexity index is 4350. The molecule has 12 aliphatic rings. The van der Waals surface area contributed by atoms with Gasteiger partial charge < -0.3 is 78.6 Å². The number of fused-ring (bicyclic) bond motifs is 3.